The minimum Gasteiger partial charge on any atom is -0.389 e. The van der Waals surface area contributed by atoms with Crippen LogP contribution in [-0.2, 0) is 9.47 Å². The highest BCUT2D eigenvalue weighted by molar-refractivity contribution is 4.86. The lowest BCUT2D eigenvalue weighted by molar-refractivity contribution is 0.00285. The number of hydrogen-bond acceptors (Lipinski definition) is 4. The van der Waals surface area contributed by atoms with E-state index >= 15 is 0 Å². The van der Waals surface area contributed by atoms with Gasteiger partial charge in [-0.1, -0.05) is 33.6 Å². The lowest BCUT2D eigenvalue weighted by Crippen LogP contribution is -2.39. The van der Waals surface area contributed by atoms with E-state index in [-0.39, 0.29) is 0 Å². The Morgan fingerprint density at radius 3 is 2.57 bits per heavy atom. The highest BCUT2D eigenvalue weighted by Gasteiger charge is 2.31. The van der Waals surface area contributed by atoms with Crippen LogP contribution in [0.15, 0.2) is 0 Å². The molecule has 0 aliphatic heterocycles. The molecule has 0 saturated heterocycles. The normalized spacial score (nSPS) is 27.1. The topological polar surface area (TPSA) is 50.7 Å². The number of aliphatic hydroxyl groups is 1. The first-order valence-corrected chi connectivity index (χ1v) is 8.75. The van der Waals surface area contributed by atoms with Gasteiger partial charge in [0, 0.05) is 19.2 Å². The molecule has 0 bridgehead atoms. The third kappa shape index (κ3) is 7.59. The van der Waals surface area contributed by atoms with Crippen LogP contribution < -0.4 is 5.32 Å². The molecule has 2 N–H and O–H groups in total. The van der Waals surface area contributed by atoms with E-state index in [1.165, 1.54) is 19.3 Å². The predicted molar refractivity (Wildman–Crippen MR) is 86.5 cm³/mol. The molecular weight excluding hydrogens is 266 g/mol. The summed E-state index contributed by atoms with van der Waals surface area (Å²) < 4.78 is 10.9. The van der Waals surface area contributed by atoms with Crippen molar-refractivity contribution in [2.75, 3.05) is 33.0 Å². The van der Waals surface area contributed by atoms with Crippen molar-refractivity contribution in [1.29, 1.82) is 0 Å². The standard InChI is InChI=1S/C17H35NO3/c1-4-6-9-20-10-11-21-13-16(19)12-18-17-8-7-15(5-2)14(17)3/h14-19H,4-13H2,1-3H3. The van der Waals surface area contributed by atoms with Crippen LogP contribution >= 0.6 is 0 Å². The molecule has 0 heterocycles. The highest BCUT2D eigenvalue weighted by atomic mass is 16.5. The van der Waals surface area contributed by atoms with Gasteiger partial charge in [0.05, 0.1) is 25.9 Å². The highest BCUT2D eigenvalue weighted by Crippen LogP contribution is 2.33. The number of unbranched alkanes of at least 4 members (excludes halogenated alkanes) is 1. The molecule has 0 spiro atoms. The Balaban J connectivity index is 1.98. The van der Waals surface area contributed by atoms with Gasteiger partial charge >= 0.3 is 0 Å². The summed E-state index contributed by atoms with van der Waals surface area (Å²) in [6.45, 7) is 9.77. The molecule has 4 atom stereocenters. The molecule has 4 nitrogen and oxygen atoms in total. The van der Waals surface area contributed by atoms with Gasteiger partial charge in [-0.15, -0.1) is 0 Å². The van der Waals surface area contributed by atoms with Crippen molar-refractivity contribution >= 4 is 0 Å². The molecule has 0 radical (unpaired) electrons. The van der Waals surface area contributed by atoms with Crippen LogP contribution in [0.3, 0.4) is 0 Å². The lowest BCUT2D eigenvalue weighted by atomic mass is 9.93. The van der Waals surface area contributed by atoms with Gasteiger partial charge in [0.1, 0.15) is 0 Å². The zero-order valence-corrected chi connectivity index (χ0v) is 14.1. The molecule has 4 unspecified atom stereocenters. The molecule has 0 aromatic heterocycles. The van der Waals surface area contributed by atoms with Crippen molar-refractivity contribution in [3.8, 4) is 0 Å². The molecule has 1 aliphatic rings. The number of hydrogen-bond donors (Lipinski definition) is 2. The number of rotatable bonds is 12. The third-order valence-corrected chi connectivity index (χ3v) is 4.69. The largest absolute Gasteiger partial charge is 0.389 e. The second kappa shape index (κ2) is 11.4. The molecule has 1 aliphatic carbocycles. The van der Waals surface area contributed by atoms with Gasteiger partial charge in [0.25, 0.3) is 0 Å². The molecular formula is C17H35NO3. The molecule has 0 amide bonds. The summed E-state index contributed by atoms with van der Waals surface area (Å²) in [5, 5.41) is 13.4. The van der Waals surface area contributed by atoms with E-state index in [1.807, 2.05) is 0 Å². The van der Waals surface area contributed by atoms with E-state index in [0.29, 0.717) is 32.4 Å². The van der Waals surface area contributed by atoms with E-state index < -0.39 is 6.10 Å². The number of aliphatic hydroxyl groups excluding tert-OH is 1. The van der Waals surface area contributed by atoms with Gasteiger partial charge in [-0.3, -0.25) is 0 Å². The van der Waals surface area contributed by atoms with Crippen molar-refractivity contribution in [3.63, 3.8) is 0 Å². The van der Waals surface area contributed by atoms with Crippen molar-refractivity contribution in [2.45, 2.75) is 65.0 Å². The van der Waals surface area contributed by atoms with Crippen LogP contribution in [0.2, 0.25) is 0 Å². The van der Waals surface area contributed by atoms with Gasteiger partial charge in [0.15, 0.2) is 0 Å². The molecule has 1 saturated carbocycles. The van der Waals surface area contributed by atoms with Gasteiger partial charge in [-0.2, -0.15) is 0 Å². The summed E-state index contributed by atoms with van der Waals surface area (Å²) in [5.41, 5.74) is 0. The Kier molecular flexibility index (Phi) is 10.3. The van der Waals surface area contributed by atoms with Crippen LogP contribution in [0.5, 0.6) is 0 Å². The summed E-state index contributed by atoms with van der Waals surface area (Å²) >= 11 is 0. The first-order valence-electron chi connectivity index (χ1n) is 8.75. The molecule has 1 fully saturated rings. The van der Waals surface area contributed by atoms with E-state index in [9.17, 15) is 5.11 Å². The van der Waals surface area contributed by atoms with Crippen LogP contribution in [0.1, 0.15) is 52.9 Å². The maximum Gasteiger partial charge on any atom is 0.0897 e. The fourth-order valence-corrected chi connectivity index (χ4v) is 3.14. The van der Waals surface area contributed by atoms with Gasteiger partial charge in [0.2, 0.25) is 0 Å². The lowest BCUT2D eigenvalue weighted by Gasteiger charge is -2.22. The fourth-order valence-electron chi connectivity index (χ4n) is 3.14. The Labute approximate surface area is 130 Å². The van der Waals surface area contributed by atoms with Crippen molar-refractivity contribution in [3.05, 3.63) is 0 Å². The summed E-state index contributed by atoms with van der Waals surface area (Å²) in [6.07, 6.45) is 5.65. The summed E-state index contributed by atoms with van der Waals surface area (Å²) in [6, 6.07) is 0.557. The van der Waals surface area contributed by atoms with Crippen molar-refractivity contribution in [1.82, 2.24) is 5.32 Å². The van der Waals surface area contributed by atoms with Crippen LogP contribution in [0.4, 0.5) is 0 Å². The smallest absolute Gasteiger partial charge is 0.0897 e. The average molecular weight is 301 g/mol. The van der Waals surface area contributed by atoms with Gasteiger partial charge < -0.3 is 19.9 Å². The minimum absolute atomic E-state index is 0.391. The predicted octanol–water partition coefficient (Wildman–Crippen LogP) is 2.59. The molecule has 4 heteroatoms. The Bertz CT molecular complexity index is 250. The fraction of sp³-hybridized carbons (Fsp3) is 1.00. The zero-order valence-electron chi connectivity index (χ0n) is 14.1. The van der Waals surface area contributed by atoms with E-state index in [1.54, 1.807) is 0 Å². The Morgan fingerprint density at radius 2 is 1.90 bits per heavy atom. The number of ether oxygens (including phenoxy) is 2. The van der Waals surface area contributed by atoms with Crippen LogP contribution in [0.25, 0.3) is 0 Å². The first-order chi connectivity index (χ1) is 10.2. The third-order valence-electron chi connectivity index (χ3n) is 4.69. The maximum absolute atomic E-state index is 9.93. The molecule has 1 rings (SSSR count). The van der Waals surface area contributed by atoms with E-state index in [0.717, 1.165) is 31.3 Å². The number of nitrogens with one attached hydrogen (secondary N) is 1. The molecule has 21 heavy (non-hydrogen) atoms. The van der Waals surface area contributed by atoms with Gasteiger partial charge in [-0.05, 0) is 31.1 Å². The van der Waals surface area contributed by atoms with E-state index in [2.05, 4.69) is 26.1 Å². The van der Waals surface area contributed by atoms with Gasteiger partial charge in [-0.25, -0.2) is 0 Å². The van der Waals surface area contributed by atoms with Crippen LogP contribution in [0, 0.1) is 11.8 Å². The maximum atomic E-state index is 9.93. The quantitative estimate of drug-likeness (QED) is 0.544. The van der Waals surface area contributed by atoms with E-state index in [4.69, 9.17) is 9.47 Å². The Hall–Kier alpha value is -0.160. The van der Waals surface area contributed by atoms with Crippen LogP contribution in [-0.4, -0.2) is 50.2 Å². The summed E-state index contributed by atoms with van der Waals surface area (Å²) in [4.78, 5) is 0. The minimum atomic E-state index is -0.423. The SMILES string of the molecule is CCCCOCCOCC(O)CNC1CCC(CC)C1C. The monoisotopic (exact) mass is 301 g/mol. The summed E-state index contributed by atoms with van der Waals surface area (Å²) in [5.74, 6) is 1.56. The molecule has 0 aromatic carbocycles. The second-order valence-corrected chi connectivity index (χ2v) is 6.31. The molecule has 0 aromatic rings. The first kappa shape index (κ1) is 18.9. The zero-order chi connectivity index (χ0) is 15.5. The molecule has 126 valence electrons. The van der Waals surface area contributed by atoms with Crippen molar-refractivity contribution < 1.29 is 14.6 Å². The second-order valence-electron chi connectivity index (χ2n) is 6.31. The Morgan fingerprint density at radius 1 is 1.14 bits per heavy atom. The average Bonchev–Trinajstić information content (AvgIpc) is 2.84. The van der Waals surface area contributed by atoms with Crippen molar-refractivity contribution in [2.24, 2.45) is 11.8 Å². The summed E-state index contributed by atoms with van der Waals surface area (Å²) in [7, 11) is 0.